The first-order valence-electron chi connectivity index (χ1n) is 16.4. The molecule has 6 atom stereocenters. The Morgan fingerprint density at radius 3 is 1.23 bits per heavy atom. The first kappa shape index (κ1) is 33.3. The number of carbonyl (C=O) groups excluding carboxylic acids is 4. The van der Waals surface area contributed by atoms with E-state index in [4.69, 9.17) is 18.9 Å². The standard InChI is InChI=1S/C38H32F2N4O8/c1-49-23-11-13-25(27(17-23)51-3)31-29-33(37(47)41(35(29)45)21-9-5-7-19(39)15-21)44-32(26-14-12-24(50-2)18-28(26)52-4)30-34(43(31)44)38(48)42(36(30)46)22-10-6-8-20(40)16-22/h5-18,29-34H,1-4H3/t29-,30+,31-,32-,33-,34-/m1/s1. The predicted octanol–water partition coefficient (Wildman–Crippen LogP) is 4.44. The Morgan fingerprint density at radius 1 is 0.481 bits per heavy atom. The minimum absolute atomic E-state index is 0.0406. The molecule has 0 unspecified atom stereocenters. The highest BCUT2D eigenvalue weighted by Gasteiger charge is 2.74. The molecule has 0 aromatic heterocycles. The fourth-order valence-electron chi connectivity index (χ4n) is 8.31. The van der Waals surface area contributed by atoms with Gasteiger partial charge in [0, 0.05) is 23.3 Å². The highest BCUT2D eigenvalue weighted by molar-refractivity contribution is 6.26. The van der Waals surface area contributed by atoms with Gasteiger partial charge < -0.3 is 18.9 Å². The van der Waals surface area contributed by atoms with Crippen molar-refractivity contribution in [1.29, 1.82) is 0 Å². The van der Waals surface area contributed by atoms with E-state index in [9.17, 15) is 28.0 Å². The van der Waals surface area contributed by atoms with Gasteiger partial charge in [0.05, 0.1) is 63.7 Å². The number of nitrogens with zero attached hydrogens (tertiary/aromatic N) is 4. The number of hydrazine groups is 1. The molecule has 4 heterocycles. The van der Waals surface area contributed by atoms with Crippen LogP contribution in [0.5, 0.6) is 23.0 Å². The molecular weight excluding hydrogens is 678 g/mol. The number of anilines is 2. The molecule has 0 aliphatic carbocycles. The molecule has 0 saturated carbocycles. The smallest absolute Gasteiger partial charge is 0.253 e. The monoisotopic (exact) mass is 710 g/mol. The Bertz CT molecular complexity index is 2010. The average molecular weight is 711 g/mol. The van der Waals surface area contributed by atoms with Gasteiger partial charge in [-0.1, -0.05) is 12.1 Å². The highest BCUT2D eigenvalue weighted by atomic mass is 19.1. The molecule has 4 saturated heterocycles. The zero-order valence-electron chi connectivity index (χ0n) is 28.4. The second-order valence-corrected chi connectivity index (χ2v) is 12.8. The minimum Gasteiger partial charge on any atom is -0.497 e. The third-order valence-corrected chi connectivity index (χ3v) is 10.4. The molecule has 4 aliphatic heterocycles. The summed E-state index contributed by atoms with van der Waals surface area (Å²) in [5.74, 6) is -4.69. The van der Waals surface area contributed by atoms with E-state index >= 15 is 0 Å². The second-order valence-electron chi connectivity index (χ2n) is 12.8. The van der Waals surface area contributed by atoms with E-state index in [2.05, 4.69) is 0 Å². The largest absolute Gasteiger partial charge is 0.497 e. The molecule has 266 valence electrons. The summed E-state index contributed by atoms with van der Waals surface area (Å²) in [6, 6.07) is 15.7. The molecule has 4 aromatic carbocycles. The summed E-state index contributed by atoms with van der Waals surface area (Å²) in [6.07, 6.45) is 0. The van der Waals surface area contributed by atoms with Crippen molar-refractivity contribution in [2.45, 2.75) is 24.2 Å². The summed E-state index contributed by atoms with van der Waals surface area (Å²) in [6.45, 7) is 0. The van der Waals surface area contributed by atoms with Crippen LogP contribution in [0.25, 0.3) is 0 Å². The summed E-state index contributed by atoms with van der Waals surface area (Å²) < 4.78 is 51.6. The van der Waals surface area contributed by atoms with Crippen LogP contribution in [0, 0.1) is 23.5 Å². The molecule has 4 fully saturated rings. The van der Waals surface area contributed by atoms with E-state index in [1.54, 1.807) is 46.4 Å². The van der Waals surface area contributed by atoms with Crippen molar-refractivity contribution < 1.29 is 46.9 Å². The third kappa shape index (κ3) is 4.70. The number of fused-ring (bicyclic) bond motifs is 5. The first-order valence-corrected chi connectivity index (χ1v) is 16.4. The minimum atomic E-state index is -1.25. The number of benzene rings is 4. The molecule has 14 heteroatoms. The molecule has 0 radical (unpaired) electrons. The van der Waals surface area contributed by atoms with Crippen molar-refractivity contribution in [3.63, 3.8) is 0 Å². The molecule has 12 nitrogen and oxygen atoms in total. The normalized spacial score (nSPS) is 25.4. The van der Waals surface area contributed by atoms with E-state index < -0.39 is 71.3 Å². The zero-order chi connectivity index (χ0) is 36.6. The van der Waals surface area contributed by atoms with E-state index in [1.165, 1.54) is 64.8 Å². The number of amides is 4. The van der Waals surface area contributed by atoms with Crippen LogP contribution in [0.4, 0.5) is 20.2 Å². The Morgan fingerprint density at radius 2 is 0.885 bits per heavy atom. The van der Waals surface area contributed by atoms with Gasteiger partial charge in [0.2, 0.25) is 11.8 Å². The Kier molecular flexibility index (Phi) is 7.95. The molecule has 8 rings (SSSR count). The van der Waals surface area contributed by atoms with Gasteiger partial charge in [0.15, 0.2) is 0 Å². The molecular formula is C38H32F2N4O8. The van der Waals surface area contributed by atoms with Crippen LogP contribution in [0.15, 0.2) is 84.9 Å². The van der Waals surface area contributed by atoms with Gasteiger partial charge in [-0.25, -0.2) is 28.6 Å². The molecule has 4 aliphatic rings. The third-order valence-electron chi connectivity index (χ3n) is 10.4. The molecule has 0 N–H and O–H groups in total. The SMILES string of the molecule is COc1ccc([C@@H]2[C@@H]3C(=O)N(c4cccc(F)c4)C(=O)[C@@H]3N3[C@H](c4ccc(OC)cc4OC)[C@H]4C(=O)N(c5cccc(F)c5)C(=O)[C@@H]4N23)c(OC)c1. The summed E-state index contributed by atoms with van der Waals surface area (Å²) in [5.41, 5.74) is 0.958. The lowest BCUT2D eigenvalue weighted by molar-refractivity contribution is -0.136. The van der Waals surface area contributed by atoms with Crippen molar-refractivity contribution in [2.75, 3.05) is 38.2 Å². The average Bonchev–Trinajstić information content (AvgIpc) is 3.82. The van der Waals surface area contributed by atoms with Crippen molar-refractivity contribution in [3.05, 3.63) is 108 Å². The molecule has 52 heavy (non-hydrogen) atoms. The lowest BCUT2D eigenvalue weighted by Gasteiger charge is -2.36. The van der Waals surface area contributed by atoms with E-state index in [0.29, 0.717) is 34.1 Å². The van der Waals surface area contributed by atoms with Gasteiger partial charge in [-0.05, 0) is 60.7 Å². The van der Waals surface area contributed by atoms with Crippen LogP contribution in [0.1, 0.15) is 23.2 Å². The van der Waals surface area contributed by atoms with Crippen LogP contribution in [-0.2, 0) is 19.2 Å². The molecule has 4 amide bonds. The maximum Gasteiger partial charge on any atom is 0.253 e. The lowest BCUT2D eigenvalue weighted by atomic mass is 9.83. The van der Waals surface area contributed by atoms with E-state index in [0.717, 1.165) is 21.9 Å². The number of hydrogen-bond acceptors (Lipinski definition) is 10. The topological polar surface area (TPSA) is 118 Å². The van der Waals surface area contributed by atoms with Crippen molar-refractivity contribution in [2.24, 2.45) is 11.8 Å². The van der Waals surface area contributed by atoms with Gasteiger partial charge in [0.25, 0.3) is 11.8 Å². The van der Waals surface area contributed by atoms with Gasteiger partial charge in [-0.3, -0.25) is 19.2 Å². The quantitative estimate of drug-likeness (QED) is 0.243. The Hall–Kier alpha value is -5.86. The maximum atomic E-state index is 14.7. The Labute approximate surface area is 296 Å². The number of ether oxygens (including phenoxy) is 4. The predicted molar refractivity (Wildman–Crippen MR) is 181 cm³/mol. The van der Waals surface area contributed by atoms with Crippen molar-refractivity contribution >= 4 is 35.0 Å². The van der Waals surface area contributed by atoms with Crippen LogP contribution in [-0.4, -0.2) is 74.2 Å². The van der Waals surface area contributed by atoms with E-state index in [1.807, 2.05) is 0 Å². The number of imide groups is 2. The van der Waals surface area contributed by atoms with Gasteiger partial charge in [0.1, 0.15) is 46.7 Å². The number of methoxy groups -OCH3 is 4. The van der Waals surface area contributed by atoms with Gasteiger partial charge >= 0.3 is 0 Å². The van der Waals surface area contributed by atoms with Crippen LogP contribution in [0.3, 0.4) is 0 Å². The second kappa shape index (κ2) is 12.4. The van der Waals surface area contributed by atoms with Crippen LogP contribution in [0.2, 0.25) is 0 Å². The van der Waals surface area contributed by atoms with E-state index in [-0.39, 0.29) is 11.4 Å². The zero-order valence-corrected chi connectivity index (χ0v) is 28.4. The summed E-state index contributed by atoms with van der Waals surface area (Å²) in [5, 5.41) is 3.27. The summed E-state index contributed by atoms with van der Waals surface area (Å²) in [4.78, 5) is 60.7. The van der Waals surface area contributed by atoms with Crippen molar-refractivity contribution in [1.82, 2.24) is 10.0 Å². The number of rotatable bonds is 8. The molecule has 4 aromatic rings. The maximum absolute atomic E-state index is 14.7. The highest BCUT2D eigenvalue weighted by Crippen LogP contribution is 2.61. The van der Waals surface area contributed by atoms with Gasteiger partial charge in [-0.15, -0.1) is 0 Å². The molecule has 0 bridgehead atoms. The number of carbonyl (C=O) groups is 4. The summed E-state index contributed by atoms with van der Waals surface area (Å²) >= 11 is 0. The number of halogens is 2. The lowest BCUT2D eigenvalue weighted by Crippen LogP contribution is -2.50. The number of hydrogen-bond donors (Lipinski definition) is 0. The van der Waals surface area contributed by atoms with Gasteiger partial charge in [-0.2, -0.15) is 0 Å². The van der Waals surface area contributed by atoms with Crippen molar-refractivity contribution in [3.8, 4) is 23.0 Å². The first-order chi connectivity index (χ1) is 25.1. The summed E-state index contributed by atoms with van der Waals surface area (Å²) in [7, 11) is 5.85. The Balaban J connectivity index is 1.38. The van der Waals surface area contributed by atoms with Crippen LogP contribution >= 0.6 is 0 Å². The fourth-order valence-corrected chi connectivity index (χ4v) is 8.31. The fraction of sp³-hybridized carbons (Fsp3) is 0.263. The molecule has 0 spiro atoms. The van der Waals surface area contributed by atoms with Crippen LogP contribution < -0.4 is 28.7 Å².